The number of ether oxygens (including phenoxy) is 1. The summed E-state index contributed by atoms with van der Waals surface area (Å²) in [7, 11) is 0. The fraction of sp³-hybridized carbons (Fsp3) is 0.571. The molecule has 0 spiro atoms. The molecule has 1 saturated heterocycles. The Kier molecular flexibility index (Phi) is 4.58. The van der Waals surface area contributed by atoms with Crippen LogP contribution in [0.5, 0.6) is 0 Å². The number of nitrogens with two attached hydrogens (primary N) is 1. The predicted octanol–water partition coefficient (Wildman–Crippen LogP) is 1.93. The molecule has 19 heavy (non-hydrogen) atoms. The summed E-state index contributed by atoms with van der Waals surface area (Å²) in [6.45, 7) is 4.61. The van der Waals surface area contributed by atoms with Gasteiger partial charge in [-0.3, -0.25) is 0 Å². The maximum Gasteiger partial charge on any atom is 0.146 e. The van der Waals surface area contributed by atoms with E-state index < -0.39 is 0 Å². The molecule has 0 amide bonds. The smallest absolute Gasteiger partial charge is 0.146 e. The van der Waals surface area contributed by atoms with Gasteiger partial charge < -0.3 is 15.4 Å². The minimum atomic E-state index is 0.236. The lowest BCUT2D eigenvalue weighted by Gasteiger charge is -2.33. The van der Waals surface area contributed by atoms with Crippen molar-refractivity contribution < 1.29 is 4.74 Å². The van der Waals surface area contributed by atoms with Crippen LogP contribution in [0.3, 0.4) is 0 Å². The Morgan fingerprint density at radius 3 is 3.21 bits per heavy atom. The summed E-state index contributed by atoms with van der Waals surface area (Å²) in [6.07, 6.45) is 5.01. The average molecular weight is 260 g/mol. The summed E-state index contributed by atoms with van der Waals surface area (Å²) in [5.41, 5.74) is 6.73. The van der Waals surface area contributed by atoms with Crippen molar-refractivity contribution in [3.05, 3.63) is 17.8 Å². The van der Waals surface area contributed by atoms with Gasteiger partial charge in [-0.25, -0.2) is 4.98 Å². The van der Waals surface area contributed by atoms with Crippen molar-refractivity contribution >= 4 is 11.5 Å². The van der Waals surface area contributed by atoms with E-state index in [1.54, 1.807) is 12.3 Å². The number of nitriles is 1. The standard InChI is InChI=1S/C14H20N4O/c1-2-6-19-13-4-3-5-18(10-13)14-11(8-15)7-12(16)9-17-14/h7,9,13H,2-6,10,16H2,1H3. The van der Waals surface area contributed by atoms with E-state index in [0.29, 0.717) is 11.3 Å². The first-order valence-electron chi connectivity index (χ1n) is 6.76. The van der Waals surface area contributed by atoms with Crippen LogP contribution < -0.4 is 10.6 Å². The number of nitrogen functional groups attached to an aromatic ring is 1. The molecular weight excluding hydrogens is 240 g/mol. The van der Waals surface area contributed by atoms with Gasteiger partial charge in [0.25, 0.3) is 0 Å². The van der Waals surface area contributed by atoms with Gasteiger partial charge in [0.05, 0.1) is 23.6 Å². The van der Waals surface area contributed by atoms with Crippen molar-refractivity contribution in [3.63, 3.8) is 0 Å². The van der Waals surface area contributed by atoms with E-state index in [-0.39, 0.29) is 6.10 Å². The lowest BCUT2D eigenvalue weighted by molar-refractivity contribution is 0.0439. The molecule has 0 bridgehead atoms. The van der Waals surface area contributed by atoms with Crippen LogP contribution in [0.2, 0.25) is 0 Å². The Balaban J connectivity index is 2.11. The molecule has 2 rings (SSSR count). The highest BCUT2D eigenvalue weighted by Gasteiger charge is 2.23. The highest BCUT2D eigenvalue weighted by atomic mass is 16.5. The second-order valence-corrected chi connectivity index (χ2v) is 4.83. The third kappa shape index (κ3) is 3.36. The second kappa shape index (κ2) is 6.39. The van der Waals surface area contributed by atoms with Crippen LogP contribution in [0.1, 0.15) is 31.7 Å². The number of nitrogens with zero attached hydrogens (tertiary/aromatic N) is 3. The molecule has 102 valence electrons. The summed E-state index contributed by atoms with van der Waals surface area (Å²) in [6, 6.07) is 3.85. The molecule has 1 atom stereocenters. The summed E-state index contributed by atoms with van der Waals surface area (Å²) >= 11 is 0. The molecule has 1 fully saturated rings. The van der Waals surface area contributed by atoms with Crippen molar-refractivity contribution in [1.82, 2.24) is 4.98 Å². The molecule has 0 radical (unpaired) electrons. The van der Waals surface area contributed by atoms with E-state index in [1.165, 1.54) is 0 Å². The average Bonchev–Trinajstić information content (AvgIpc) is 2.45. The number of anilines is 2. The van der Waals surface area contributed by atoms with Crippen LogP contribution in [0.15, 0.2) is 12.3 Å². The zero-order chi connectivity index (χ0) is 13.7. The first-order valence-corrected chi connectivity index (χ1v) is 6.76. The molecule has 1 aliphatic rings. The van der Waals surface area contributed by atoms with Gasteiger partial charge in [-0.05, 0) is 25.3 Å². The van der Waals surface area contributed by atoms with Crippen molar-refractivity contribution in [2.75, 3.05) is 30.3 Å². The van der Waals surface area contributed by atoms with E-state index in [4.69, 9.17) is 10.5 Å². The molecule has 5 nitrogen and oxygen atoms in total. The Hall–Kier alpha value is -1.80. The van der Waals surface area contributed by atoms with E-state index in [2.05, 4.69) is 22.9 Å². The number of rotatable bonds is 4. The molecule has 0 aliphatic carbocycles. The van der Waals surface area contributed by atoms with Gasteiger partial charge >= 0.3 is 0 Å². The lowest BCUT2D eigenvalue weighted by atomic mass is 10.1. The molecule has 5 heteroatoms. The molecule has 0 saturated carbocycles. The van der Waals surface area contributed by atoms with Crippen molar-refractivity contribution in [1.29, 1.82) is 5.26 Å². The number of hydrogen-bond donors (Lipinski definition) is 1. The maximum absolute atomic E-state index is 9.18. The van der Waals surface area contributed by atoms with Gasteiger partial charge in [0.1, 0.15) is 11.9 Å². The van der Waals surface area contributed by atoms with Crippen molar-refractivity contribution in [2.24, 2.45) is 0 Å². The number of hydrogen-bond acceptors (Lipinski definition) is 5. The van der Waals surface area contributed by atoms with E-state index in [9.17, 15) is 5.26 Å². The monoisotopic (exact) mass is 260 g/mol. The minimum absolute atomic E-state index is 0.236. The fourth-order valence-electron chi connectivity index (χ4n) is 2.36. The Labute approximate surface area is 114 Å². The SMILES string of the molecule is CCCOC1CCCN(c2ncc(N)cc2C#N)C1. The molecule has 1 unspecified atom stereocenters. The third-order valence-electron chi connectivity index (χ3n) is 3.24. The topological polar surface area (TPSA) is 75.2 Å². The zero-order valence-electron chi connectivity index (χ0n) is 11.3. The van der Waals surface area contributed by atoms with Gasteiger partial charge in [0.2, 0.25) is 0 Å². The summed E-state index contributed by atoms with van der Waals surface area (Å²) in [5, 5.41) is 9.18. The quantitative estimate of drug-likeness (QED) is 0.895. The fourth-order valence-corrected chi connectivity index (χ4v) is 2.36. The predicted molar refractivity (Wildman–Crippen MR) is 74.8 cm³/mol. The Bertz CT molecular complexity index is 469. The molecule has 1 aromatic rings. The second-order valence-electron chi connectivity index (χ2n) is 4.83. The van der Waals surface area contributed by atoms with E-state index >= 15 is 0 Å². The maximum atomic E-state index is 9.18. The normalized spacial score (nSPS) is 19.2. The van der Waals surface area contributed by atoms with Crippen LogP contribution in [0.25, 0.3) is 0 Å². The summed E-state index contributed by atoms with van der Waals surface area (Å²) < 4.78 is 5.80. The minimum Gasteiger partial charge on any atom is -0.397 e. The van der Waals surface area contributed by atoms with Gasteiger partial charge in [-0.2, -0.15) is 5.26 Å². The number of piperidine rings is 1. The first-order chi connectivity index (χ1) is 9.24. The van der Waals surface area contributed by atoms with Crippen LogP contribution in [-0.2, 0) is 4.74 Å². The van der Waals surface area contributed by atoms with Crippen LogP contribution >= 0.6 is 0 Å². The molecule has 1 aromatic heterocycles. The third-order valence-corrected chi connectivity index (χ3v) is 3.24. The number of pyridine rings is 1. The van der Waals surface area contributed by atoms with Crippen LogP contribution in [0, 0.1) is 11.3 Å². The van der Waals surface area contributed by atoms with Gasteiger partial charge in [-0.15, -0.1) is 0 Å². The van der Waals surface area contributed by atoms with Crippen molar-refractivity contribution in [3.8, 4) is 6.07 Å². The van der Waals surface area contributed by atoms with Crippen LogP contribution in [-0.4, -0.2) is 30.8 Å². The molecule has 1 aliphatic heterocycles. The van der Waals surface area contributed by atoms with Gasteiger partial charge in [-0.1, -0.05) is 6.92 Å². The molecular formula is C14H20N4O. The van der Waals surface area contributed by atoms with Crippen LogP contribution in [0.4, 0.5) is 11.5 Å². The Morgan fingerprint density at radius 1 is 1.63 bits per heavy atom. The summed E-state index contributed by atoms with van der Waals surface area (Å²) in [5.74, 6) is 0.724. The Morgan fingerprint density at radius 2 is 2.47 bits per heavy atom. The van der Waals surface area contributed by atoms with Gasteiger partial charge in [0, 0.05) is 19.7 Å². The van der Waals surface area contributed by atoms with E-state index in [1.807, 2.05) is 0 Å². The molecule has 2 N–H and O–H groups in total. The first kappa shape index (κ1) is 13.6. The summed E-state index contributed by atoms with van der Waals surface area (Å²) in [4.78, 5) is 6.44. The van der Waals surface area contributed by atoms with Gasteiger partial charge in [0.15, 0.2) is 0 Å². The molecule has 0 aromatic carbocycles. The van der Waals surface area contributed by atoms with Crippen molar-refractivity contribution in [2.45, 2.75) is 32.3 Å². The highest BCUT2D eigenvalue weighted by Crippen LogP contribution is 2.24. The largest absolute Gasteiger partial charge is 0.397 e. The molecule has 2 heterocycles. The zero-order valence-corrected chi connectivity index (χ0v) is 11.3. The van der Waals surface area contributed by atoms with E-state index in [0.717, 1.165) is 44.8 Å². The number of aromatic nitrogens is 1. The highest BCUT2D eigenvalue weighted by molar-refractivity contribution is 5.59. The lowest BCUT2D eigenvalue weighted by Crippen LogP contribution is -2.40.